The van der Waals surface area contributed by atoms with Gasteiger partial charge in [-0.25, -0.2) is 9.67 Å². The molecule has 92 valence electrons. The normalized spacial score (nSPS) is 13.2. The highest BCUT2D eigenvalue weighted by Gasteiger charge is 2.15. The fourth-order valence-corrected chi connectivity index (χ4v) is 2.86. The molecule has 1 atom stereocenters. The van der Waals surface area contributed by atoms with E-state index in [4.69, 9.17) is 0 Å². The molecule has 2 heterocycles. The zero-order valence-electron chi connectivity index (χ0n) is 9.67. The van der Waals surface area contributed by atoms with Gasteiger partial charge in [-0.2, -0.15) is 5.10 Å². The number of aliphatic hydroxyl groups excluding tert-OH is 1. The van der Waals surface area contributed by atoms with Crippen LogP contribution in [0.25, 0.3) is 0 Å². The Morgan fingerprint density at radius 1 is 1.53 bits per heavy atom. The van der Waals surface area contributed by atoms with E-state index in [1.54, 1.807) is 11.3 Å². The first kappa shape index (κ1) is 12.7. The van der Waals surface area contributed by atoms with Gasteiger partial charge in [0.05, 0.1) is 9.89 Å². The SMILES string of the molecule is CC(C)n1ncnc1CC(O)c1csc(Br)c1. The van der Waals surface area contributed by atoms with E-state index < -0.39 is 6.10 Å². The molecule has 0 saturated heterocycles. The number of thiophene rings is 1. The molecule has 0 spiro atoms. The molecule has 0 aliphatic carbocycles. The molecule has 0 aromatic carbocycles. The molecule has 0 aliphatic heterocycles. The highest BCUT2D eigenvalue weighted by molar-refractivity contribution is 9.11. The van der Waals surface area contributed by atoms with E-state index in [1.807, 2.05) is 30.0 Å². The number of hydrogen-bond donors (Lipinski definition) is 1. The average molecular weight is 316 g/mol. The van der Waals surface area contributed by atoms with E-state index in [2.05, 4.69) is 26.0 Å². The Bertz CT molecular complexity index is 494. The van der Waals surface area contributed by atoms with Gasteiger partial charge in [-0.15, -0.1) is 11.3 Å². The average Bonchev–Trinajstić information content (AvgIpc) is 2.86. The Labute approximate surface area is 112 Å². The predicted octanol–water partition coefficient (Wildman–Crippen LogP) is 2.96. The van der Waals surface area contributed by atoms with Crippen LogP contribution < -0.4 is 0 Å². The van der Waals surface area contributed by atoms with E-state index in [0.717, 1.165) is 15.2 Å². The minimum Gasteiger partial charge on any atom is -0.388 e. The van der Waals surface area contributed by atoms with Crippen molar-refractivity contribution in [2.75, 3.05) is 0 Å². The second kappa shape index (κ2) is 5.29. The third kappa shape index (κ3) is 2.94. The van der Waals surface area contributed by atoms with E-state index >= 15 is 0 Å². The second-order valence-corrected chi connectivity index (χ2v) is 6.41. The number of halogens is 1. The molecule has 0 bridgehead atoms. The zero-order chi connectivity index (χ0) is 12.4. The second-order valence-electron chi connectivity index (χ2n) is 4.12. The lowest BCUT2D eigenvalue weighted by atomic mass is 10.1. The van der Waals surface area contributed by atoms with Gasteiger partial charge < -0.3 is 5.11 Å². The lowest BCUT2D eigenvalue weighted by Gasteiger charge is -2.12. The topological polar surface area (TPSA) is 50.9 Å². The third-order valence-corrected chi connectivity index (χ3v) is 4.01. The maximum absolute atomic E-state index is 10.1. The lowest BCUT2D eigenvalue weighted by molar-refractivity contribution is 0.174. The summed E-state index contributed by atoms with van der Waals surface area (Å²) in [5, 5.41) is 16.2. The van der Waals surface area contributed by atoms with Crippen molar-refractivity contribution in [3.8, 4) is 0 Å². The van der Waals surface area contributed by atoms with Crippen LogP contribution >= 0.6 is 27.3 Å². The zero-order valence-corrected chi connectivity index (χ0v) is 12.1. The molecule has 0 aliphatic rings. The van der Waals surface area contributed by atoms with E-state index in [9.17, 15) is 5.11 Å². The highest BCUT2D eigenvalue weighted by Crippen LogP contribution is 2.27. The minimum absolute atomic E-state index is 0.258. The van der Waals surface area contributed by atoms with Crippen LogP contribution in [0.2, 0.25) is 0 Å². The first-order chi connectivity index (χ1) is 8.08. The van der Waals surface area contributed by atoms with Crippen molar-refractivity contribution in [2.24, 2.45) is 0 Å². The van der Waals surface area contributed by atoms with Crippen molar-refractivity contribution in [3.63, 3.8) is 0 Å². The Hall–Kier alpha value is -0.720. The van der Waals surface area contributed by atoms with Gasteiger partial charge in [0.15, 0.2) is 0 Å². The van der Waals surface area contributed by atoms with Crippen LogP contribution in [-0.2, 0) is 6.42 Å². The van der Waals surface area contributed by atoms with Crippen molar-refractivity contribution in [1.29, 1.82) is 0 Å². The van der Waals surface area contributed by atoms with Crippen LogP contribution in [0.3, 0.4) is 0 Å². The van der Waals surface area contributed by atoms with Crippen LogP contribution in [0, 0.1) is 0 Å². The van der Waals surface area contributed by atoms with E-state index in [1.165, 1.54) is 6.33 Å². The summed E-state index contributed by atoms with van der Waals surface area (Å²) in [4.78, 5) is 4.19. The van der Waals surface area contributed by atoms with Gasteiger partial charge in [-0.3, -0.25) is 0 Å². The molecule has 1 N–H and O–H groups in total. The quantitative estimate of drug-likeness (QED) is 0.943. The van der Waals surface area contributed by atoms with Crippen LogP contribution in [0.15, 0.2) is 21.6 Å². The maximum Gasteiger partial charge on any atom is 0.138 e. The third-order valence-electron chi connectivity index (χ3n) is 2.48. The fourth-order valence-electron chi connectivity index (χ4n) is 1.64. The highest BCUT2D eigenvalue weighted by atomic mass is 79.9. The van der Waals surface area contributed by atoms with Gasteiger partial charge in [0.2, 0.25) is 0 Å². The van der Waals surface area contributed by atoms with Gasteiger partial charge in [-0.05, 0) is 46.8 Å². The van der Waals surface area contributed by atoms with Crippen LogP contribution in [-0.4, -0.2) is 19.9 Å². The summed E-state index contributed by atoms with van der Waals surface area (Å²) in [6, 6.07) is 2.19. The Kier molecular flexibility index (Phi) is 3.96. The summed E-state index contributed by atoms with van der Waals surface area (Å²) >= 11 is 4.96. The van der Waals surface area contributed by atoms with Gasteiger partial charge in [0.25, 0.3) is 0 Å². The number of nitrogens with zero attached hydrogens (tertiary/aromatic N) is 3. The summed E-state index contributed by atoms with van der Waals surface area (Å²) in [6.45, 7) is 4.09. The van der Waals surface area contributed by atoms with Crippen LogP contribution in [0.4, 0.5) is 0 Å². The first-order valence-electron chi connectivity index (χ1n) is 5.38. The smallest absolute Gasteiger partial charge is 0.138 e. The largest absolute Gasteiger partial charge is 0.388 e. The first-order valence-corrected chi connectivity index (χ1v) is 7.05. The summed E-state index contributed by atoms with van der Waals surface area (Å²) in [5.74, 6) is 0.815. The Morgan fingerprint density at radius 2 is 2.29 bits per heavy atom. The predicted molar refractivity (Wildman–Crippen MR) is 71.1 cm³/mol. The van der Waals surface area contributed by atoms with E-state index in [-0.39, 0.29) is 6.04 Å². The maximum atomic E-state index is 10.1. The fraction of sp³-hybridized carbons (Fsp3) is 0.455. The molecule has 0 saturated carbocycles. The molecule has 1 unspecified atom stereocenters. The molecule has 0 radical (unpaired) electrons. The van der Waals surface area contributed by atoms with Crippen molar-refractivity contribution in [3.05, 3.63) is 32.9 Å². The molecular formula is C11H14BrN3OS. The van der Waals surface area contributed by atoms with Crippen molar-refractivity contribution >= 4 is 27.3 Å². The lowest BCUT2D eigenvalue weighted by Crippen LogP contribution is -2.11. The van der Waals surface area contributed by atoms with Gasteiger partial charge in [-0.1, -0.05) is 0 Å². The van der Waals surface area contributed by atoms with Crippen LogP contribution in [0.1, 0.15) is 37.4 Å². The molecule has 4 nitrogen and oxygen atoms in total. The number of aliphatic hydroxyl groups is 1. The molecule has 6 heteroatoms. The van der Waals surface area contributed by atoms with Crippen molar-refractivity contribution in [2.45, 2.75) is 32.4 Å². The molecule has 0 fully saturated rings. The number of aromatic nitrogens is 3. The number of hydrogen-bond acceptors (Lipinski definition) is 4. The van der Waals surface area contributed by atoms with Gasteiger partial charge >= 0.3 is 0 Å². The summed E-state index contributed by atoms with van der Waals surface area (Å²) in [7, 11) is 0. The molecule has 0 amide bonds. The van der Waals surface area contributed by atoms with Gasteiger partial charge in [0.1, 0.15) is 12.2 Å². The minimum atomic E-state index is -0.528. The summed E-state index contributed by atoms with van der Waals surface area (Å²) in [5.41, 5.74) is 0.917. The monoisotopic (exact) mass is 315 g/mol. The summed E-state index contributed by atoms with van der Waals surface area (Å²) in [6.07, 6.45) is 1.49. The summed E-state index contributed by atoms with van der Waals surface area (Å²) < 4.78 is 2.86. The number of rotatable bonds is 4. The molecule has 2 aromatic rings. The van der Waals surface area contributed by atoms with Crippen molar-refractivity contribution < 1.29 is 5.11 Å². The van der Waals surface area contributed by atoms with E-state index in [0.29, 0.717) is 6.42 Å². The Morgan fingerprint density at radius 3 is 2.88 bits per heavy atom. The molecular weight excluding hydrogens is 302 g/mol. The van der Waals surface area contributed by atoms with Crippen molar-refractivity contribution in [1.82, 2.24) is 14.8 Å². The molecule has 2 rings (SSSR count). The molecule has 2 aromatic heterocycles. The molecule has 17 heavy (non-hydrogen) atoms. The Balaban J connectivity index is 2.13. The van der Waals surface area contributed by atoms with Crippen LogP contribution in [0.5, 0.6) is 0 Å². The standard InChI is InChI=1S/C11H14BrN3OS/c1-7(2)15-11(13-6-14-15)4-9(16)8-3-10(12)17-5-8/h3,5-7,9,16H,4H2,1-2H3. The van der Waals surface area contributed by atoms with Gasteiger partial charge in [0, 0.05) is 12.5 Å².